The van der Waals surface area contributed by atoms with Gasteiger partial charge in [-0.25, -0.2) is 15.0 Å². The minimum Gasteiger partial charge on any atom is -0.382 e. The van der Waals surface area contributed by atoms with Gasteiger partial charge in [-0.2, -0.15) is 0 Å². The highest BCUT2D eigenvalue weighted by molar-refractivity contribution is 5.92. The first kappa shape index (κ1) is 7.47. The average Bonchev–Trinajstić information content (AvgIpc) is 2.51. The van der Waals surface area contributed by atoms with Crippen LogP contribution in [0.4, 0.5) is 5.82 Å². The summed E-state index contributed by atoms with van der Waals surface area (Å²) >= 11 is 0. The van der Waals surface area contributed by atoms with Crippen molar-refractivity contribution in [3.63, 3.8) is 0 Å². The average molecular weight is 178 g/mol. The number of hydrogen-bond donors (Lipinski definition) is 3. The molecular weight excluding hydrogens is 172 g/mol. The number of amides is 1. The molecule has 0 aliphatic heterocycles. The van der Waals surface area contributed by atoms with E-state index in [0.29, 0.717) is 11.2 Å². The summed E-state index contributed by atoms with van der Waals surface area (Å²) in [5.74, 6) is -0.690. The number of nitrogens with two attached hydrogens (primary N) is 2. The second-order valence-electron chi connectivity index (χ2n) is 2.40. The number of imidazole rings is 1. The number of primary amides is 1. The second kappa shape index (κ2) is 2.41. The van der Waals surface area contributed by atoms with Crippen molar-refractivity contribution in [2.45, 2.75) is 0 Å². The van der Waals surface area contributed by atoms with E-state index in [2.05, 4.69) is 19.9 Å². The molecule has 7 nitrogen and oxygen atoms in total. The molecule has 2 aromatic rings. The minimum absolute atomic E-state index is 0.128. The van der Waals surface area contributed by atoms with Crippen LogP contribution in [0.5, 0.6) is 0 Å². The molecule has 7 heteroatoms. The van der Waals surface area contributed by atoms with Crippen molar-refractivity contribution in [1.29, 1.82) is 0 Å². The van der Waals surface area contributed by atoms with Crippen LogP contribution < -0.4 is 11.5 Å². The maximum atomic E-state index is 10.7. The normalized spacial score (nSPS) is 10.5. The van der Waals surface area contributed by atoms with Crippen molar-refractivity contribution < 1.29 is 4.79 Å². The molecule has 0 saturated carbocycles. The van der Waals surface area contributed by atoms with Gasteiger partial charge >= 0.3 is 0 Å². The lowest BCUT2D eigenvalue weighted by molar-refractivity contribution is 0.0991. The lowest BCUT2D eigenvalue weighted by Crippen LogP contribution is -2.16. The summed E-state index contributed by atoms with van der Waals surface area (Å²) in [7, 11) is 0. The van der Waals surface area contributed by atoms with Crippen LogP contribution in [-0.2, 0) is 0 Å². The Labute approximate surface area is 72.2 Å². The van der Waals surface area contributed by atoms with Crippen LogP contribution >= 0.6 is 0 Å². The van der Waals surface area contributed by atoms with Gasteiger partial charge in [-0.1, -0.05) is 0 Å². The zero-order chi connectivity index (χ0) is 9.42. The summed E-state index contributed by atoms with van der Waals surface area (Å²) in [5, 5.41) is 0. The van der Waals surface area contributed by atoms with Gasteiger partial charge in [0.2, 0.25) is 5.82 Å². The third-order valence-corrected chi connectivity index (χ3v) is 1.53. The maximum Gasteiger partial charge on any atom is 0.286 e. The van der Waals surface area contributed by atoms with Gasteiger partial charge in [0.15, 0.2) is 11.5 Å². The van der Waals surface area contributed by atoms with Crippen LogP contribution in [0, 0.1) is 0 Å². The monoisotopic (exact) mass is 178 g/mol. The van der Waals surface area contributed by atoms with Gasteiger partial charge in [0.1, 0.15) is 5.52 Å². The van der Waals surface area contributed by atoms with Gasteiger partial charge in [-0.3, -0.25) is 4.79 Å². The minimum atomic E-state index is -0.725. The molecule has 0 saturated heterocycles. The number of nitrogens with one attached hydrogen (secondary N) is 1. The van der Waals surface area contributed by atoms with E-state index in [1.165, 1.54) is 6.33 Å². The van der Waals surface area contributed by atoms with E-state index in [0.717, 1.165) is 0 Å². The SMILES string of the molecule is NC(=O)c1nc(N)c2[nH]cnc2n1. The van der Waals surface area contributed by atoms with Crippen molar-refractivity contribution in [3.8, 4) is 0 Å². The number of hydrogen-bond acceptors (Lipinski definition) is 5. The van der Waals surface area contributed by atoms with E-state index in [1.807, 2.05) is 0 Å². The molecule has 0 atom stereocenters. The van der Waals surface area contributed by atoms with Crippen molar-refractivity contribution in [3.05, 3.63) is 12.2 Å². The van der Waals surface area contributed by atoms with Gasteiger partial charge in [0, 0.05) is 0 Å². The van der Waals surface area contributed by atoms with E-state index in [9.17, 15) is 4.79 Å². The molecule has 5 N–H and O–H groups in total. The molecule has 13 heavy (non-hydrogen) atoms. The first-order valence-corrected chi connectivity index (χ1v) is 3.45. The molecular formula is C6H6N6O. The molecule has 2 aromatic heterocycles. The Morgan fingerprint density at radius 3 is 2.92 bits per heavy atom. The molecule has 2 rings (SSSR count). The highest BCUT2D eigenvalue weighted by atomic mass is 16.1. The smallest absolute Gasteiger partial charge is 0.286 e. The van der Waals surface area contributed by atoms with Gasteiger partial charge in [-0.15, -0.1) is 0 Å². The van der Waals surface area contributed by atoms with Crippen LogP contribution in [0.3, 0.4) is 0 Å². The quantitative estimate of drug-likeness (QED) is 0.518. The molecule has 0 unspecified atom stereocenters. The lowest BCUT2D eigenvalue weighted by Gasteiger charge is -1.96. The highest BCUT2D eigenvalue weighted by Crippen LogP contribution is 2.11. The van der Waals surface area contributed by atoms with E-state index in [1.54, 1.807) is 0 Å². The Hall–Kier alpha value is -2.18. The molecule has 0 aliphatic carbocycles. The lowest BCUT2D eigenvalue weighted by atomic mass is 10.4. The van der Waals surface area contributed by atoms with E-state index in [-0.39, 0.29) is 11.6 Å². The Bertz CT molecular complexity index is 475. The summed E-state index contributed by atoms with van der Waals surface area (Å²) in [6, 6.07) is 0. The van der Waals surface area contributed by atoms with E-state index >= 15 is 0 Å². The van der Waals surface area contributed by atoms with E-state index in [4.69, 9.17) is 11.5 Å². The number of aromatic nitrogens is 4. The number of fused-ring (bicyclic) bond motifs is 1. The number of rotatable bonds is 1. The van der Waals surface area contributed by atoms with Gasteiger partial charge < -0.3 is 16.5 Å². The fourth-order valence-electron chi connectivity index (χ4n) is 0.966. The number of anilines is 1. The molecule has 66 valence electrons. The van der Waals surface area contributed by atoms with Crippen molar-refractivity contribution in [2.75, 3.05) is 5.73 Å². The maximum absolute atomic E-state index is 10.7. The third-order valence-electron chi connectivity index (χ3n) is 1.53. The number of aromatic amines is 1. The molecule has 0 bridgehead atoms. The highest BCUT2D eigenvalue weighted by Gasteiger charge is 2.10. The predicted molar refractivity (Wildman–Crippen MR) is 44.6 cm³/mol. The van der Waals surface area contributed by atoms with Crippen molar-refractivity contribution in [1.82, 2.24) is 19.9 Å². The van der Waals surface area contributed by atoms with Crippen LogP contribution in [0.2, 0.25) is 0 Å². The van der Waals surface area contributed by atoms with Crippen LogP contribution in [-0.4, -0.2) is 25.8 Å². The van der Waals surface area contributed by atoms with Gasteiger partial charge in [0.05, 0.1) is 6.33 Å². The Morgan fingerprint density at radius 1 is 1.46 bits per heavy atom. The summed E-state index contributed by atoms with van der Waals surface area (Å²) in [5.41, 5.74) is 11.3. The molecule has 2 heterocycles. The first-order valence-electron chi connectivity index (χ1n) is 3.45. The molecule has 0 radical (unpaired) electrons. The summed E-state index contributed by atoms with van der Waals surface area (Å²) in [6.07, 6.45) is 1.42. The number of carbonyl (C=O) groups is 1. The van der Waals surface area contributed by atoms with E-state index < -0.39 is 5.91 Å². The van der Waals surface area contributed by atoms with Crippen LogP contribution in [0.25, 0.3) is 11.2 Å². The molecule has 0 aliphatic rings. The summed E-state index contributed by atoms with van der Waals surface area (Å²) in [4.78, 5) is 24.8. The predicted octanol–water partition coefficient (Wildman–Crippen LogP) is -0.966. The van der Waals surface area contributed by atoms with Crippen LogP contribution in [0.1, 0.15) is 10.6 Å². The Balaban J connectivity index is 2.77. The zero-order valence-electron chi connectivity index (χ0n) is 6.48. The largest absolute Gasteiger partial charge is 0.382 e. The molecule has 0 aromatic carbocycles. The van der Waals surface area contributed by atoms with Gasteiger partial charge in [0.25, 0.3) is 5.91 Å². The van der Waals surface area contributed by atoms with Crippen molar-refractivity contribution in [2.24, 2.45) is 5.73 Å². The van der Waals surface area contributed by atoms with Crippen LogP contribution in [0.15, 0.2) is 6.33 Å². The molecule has 1 amide bonds. The number of H-pyrrole nitrogens is 1. The van der Waals surface area contributed by atoms with Crippen molar-refractivity contribution >= 4 is 22.9 Å². The fourth-order valence-corrected chi connectivity index (χ4v) is 0.966. The second-order valence-corrected chi connectivity index (χ2v) is 2.40. The third kappa shape index (κ3) is 1.06. The topological polar surface area (TPSA) is 124 Å². The number of carbonyl (C=O) groups excluding carboxylic acids is 1. The summed E-state index contributed by atoms with van der Waals surface area (Å²) in [6.45, 7) is 0. The first-order chi connectivity index (χ1) is 6.18. The Morgan fingerprint density at radius 2 is 2.23 bits per heavy atom. The molecule has 0 fully saturated rings. The Kier molecular flexibility index (Phi) is 1.38. The number of nitrogen functional groups attached to an aromatic ring is 1. The zero-order valence-corrected chi connectivity index (χ0v) is 6.48. The fraction of sp³-hybridized carbons (Fsp3) is 0. The summed E-state index contributed by atoms with van der Waals surface area (Å²) < 4.78 is 0. The molecule has 0 spiro atoms. The number of nitrogens with zero attached hydrogens (tertiary/aromatic N) is 3. The van der Waals surface area contributed by atoms with Gasteiger partial charge in [-0.05, 0) is 0 Å². The standard InChI is InChI=1S/C6H6N6O/c7-3-2-5(10-1-9-2)12-6(11-3)4(8)13/h1H,(H2,8,13)(H3,7,9,10,11,12).